The number of nitrogens with zero attached hydrogens (tertiary/aromatic N) is 6. The lowest BCUT2D eigenvalue weighted by molar-refractivity contribution is -0.132. The van der Waals surface area contributed by atoms with Crippen molar-refractivity contribution in [2.75, 3.05) is 31.1 Å². The average Bonchev–Trinajstić information content (AvgIpc) is 3.50. The van der Waals surface area contributed by atoms with Gasteiger partial charge >= 0.3 is 0 Å². The first-order valence-corrected chi connectivity index (χ1v) is 15.3. The molecule has 1 aliphatic heterocycles. The molecular formula is C30H48N6O2. The zero-order valence-electron chi connectivity index (χ0n) is 24.0. The Morgan fingerprint density at radius 1 is 1.11 bits per heavy atom. The van der Waals surface area contributed by atoms with E-state index in [1.165, 1.54) is 32.1 Å². The fourth-order valence-corrected chi connectivity index (χ4v) is 9.98. The molecular weight excluding hydrogens is 476 g/mol. The summed E-state index contributed by atoms with van der Waals surface area (Å²) in [7, 11) is 1.86. The van der Waals surface area contributed by atoms with Gasteiger partial charge in [0, 0.05) is 39.6 Å². The fourth-order valence-electron chi connectivity index (χ4n) is 9.98. The lowest BCUT2D eigenvalue weighted by Gasteiger charge is -2.58. The van der Waals surface area contributed by atoms with Gasteiger partial charge in [0.15, 0.2) is 0 Å². The molecule has 3 saturated carbocycles. The number of piperazine rings is 1. The molecule has 8 nitrogen and oxygen atoms in total. The number of carbonyl (C=O) groups excluding carboxylic acids is 1. The van der Waals surface area contributed by atoms with Crippen molar-refractivity contribution in [1.29, 1.82) is 0 Å². The summed E-state index contributed by atoms with van der Waals surface area (Å²) >= 11 is 0. The molecule has 0 spiro atoms. The molecule has 38 heavy (non-hydrogen) atoms. The van der Waals surface area contributed by atoms with Gasteiger partial charge in [-0.1, -0.05) is 37.5 Å². The van der Waals surface area contributed by atoms with Crippen molar-refractivity contribution in [3.8, 4) is 0 Å². The summed E-state index contributed by atoms with van der Waals surface area (Å²) in [6, 6.07) is 0. The first-order chi connectivity index (χ1) is 18.2. The maximum Gasteiger partial charge on any atom is 0.245 e. The minimum Gasteiger partial charge on any atom is -0.393 e. The van der Waals surface area contributed by atoms with Crippen LogP contribution in [0.5, 0.6) is 0 Å². The molecule has 1 aromatic heterocycles. The Kier molecular flexibility index (Phi) is 6.84. The van der Waals surface area contributed by atoms with Crippen LogP contribution in [-0.2, 0) is 11.8 Å². The quantitative estimate of drug-likeness (QED) is 0.581. The second-order valence-corrected chi connectivity index (χ2v) is 13.9. The molecule has 4 fully saturated rings. The Morgan fingerprint density at radius 2 is 1.89 bits per heavy atom. The Balaban J connectivity index is 1.05. The largest absolute Gasteiger partial charge is 0.393 e. The van der Waals surface area contributed by atoms with E-state index < -0.39 is 0 Å². The number of allylic oxidation sites excluding steroid dienone is 1. The third-order valence-electron chi connectivity index (χ3n) is 12.2. The monoisotopic (exact) mass is 524 g/mol. The van der Waals surface area contributed by atoms with E-state index in [1.54, 1.807) is 10.3 Å². The highest BCUT2D eigenvalue weighted by Gasteiger charge is 2.59. The summed E-state index contributed by atoms with van der Waals surface area (Å²) in [6.45, 7) is 10.6. The lowest BCUT2D eigenvalue weighted by atomic mass is 9.47. The number of fused-ring (bicyclic) bond motifs is 5. The van der Waals surface area contributed by atoms with Crippen molar-refractivity contribution >= 4 is 11.9 Å². The highest BCUT2D eigenvalue weighted by molar-refractivity contribution is 5.76. The molecule has 0 unspecified atom stereocenters. The Hall–Kier alpha value is -1.96. The van der Waals surface area contributed by atoms with Gasteiger partial charge in [-0.15, -0.1) is 0 Å². The molecule has 1 amide bonds. The number of carbonyl (C=O) groups is 1. The zero-order valence-corrected chi connectivity index (χ0v) is 24.0. The smallest absolute Gasteiger partial charge is 0.245 e. The zero-order chi connectivity index (χ0) is 26.7. The molecule has 210 valence electrons. The molecule has 0 radical (unpaired) electrons. The molecule has 6 rings (SSSR count). The number of aliphatic hydroxyl groups excluding tert-OH is 1. The van der Waals surface area contributed by atoms with Gasteiger partial charge in [0.25, 0.3) is 0 Å². The summed E-state index contributed by atoms with van der Waals surface area (Å²) in [6.07, 6.45) is 13.7. The van der Waals surface area contributed by atoms with Crippen LogP contribution in [0, 0.1) is 40.4 Å². The van der Waals surface area contributed by atoms with Gasteiger partial charge in [-0.3, -0.25) is 4.79 Å². The lowest BCUT2D eigenvalue weighted by Crippen LogP contribution is -2.51. The van der Waals surface area contributed by atoms with E-state index in [-0.39, 0.29) is 6.10 Å². The third kappa shape index (κ3) is 4.29. The molecule has 8 heteroatoms. The number of aromatic nitrogens is 4. The SMILES string of the molecule is C[C@H](CCC(=O)N1CCN(c2nnnn2C)CC1)[C@H]1CC[C@H]2[C@@H]3CC=C4C[C@@H](O)CC[C@]4(C)[C@H]3CC[C@]12C. The topological polar surface area (TPSA) is 87.4 Å². The van der Waals surface area contributed by atoms with Crippen molar-refractivity contribution in [2.24, 2.45) is 47.5 Å². The standard InChI is InChI=1S/C30H48N6O2/c1-20(5-10-27(38)35-15-17-36(18-16-35)28-31-32-33-34(28)4)24-8-9-25-23-7-6-21-19-22(37)11-13-29(21,2)26(23)12-14-30(24,25)3/h6,20,22-26,37H,5,7-19H2,1-4H3/t20-,22+,23+,24-,25+,26+,29+,30-/m1/s1. The first-order valence-electron chi connectivity index (χ1n) is 15.3. The maximum absolute atomic E-state index is 13.2. The highest BCUT2D eigenvalue weighted by Crippen LogP contribution is 2.67. The number of aliphatic hydroxyl groups is 1. The number of aryl methyl sites for hydroxylation is 1. The van der Waals surface area contributed by atoms with Crippen LogP contribution >= 0.6 is 0 Å². The van der Waals surface area contributed by atoms with Gasteiger partial charge in [0.1, 0.15) is 0 Å². The van der Waals surface area contributed by atoms with Crippen LogP contribution in [0.2, 0.25) is 0 Å². The van der Waals surface area contributed by atoms with Crippen molar-refractivity contribution in [1.82, 2.24) is 25.1 Å². The number of rotatable bonds is 5. The van der Waals surface area contributed by atoms with Crippen LogP contribution in [0.25, 0.3) is 0 Å². The molecule has 5 aliphatic rings. The minimum absolute atomic E-state index is 0.127. The molecule has 0 aromatic carbocycles. The van der Waals surface area contributed by atoms with Crippen LogP contribution in [-0.4, -0.2) is 68.4 Å². The summed E-state index contributed by atoms with van der Waals surface area (Å²) in [4.78, 5) is 17.4. The van der Waals surface area contributed by atoms with E-state index in [2.05, 4.69) is 47.3 Å². The second kappa shape index (κ2) is 9.90. The average molecular weight is 525 g/mol. The van der Waals surface area contributed by atoms with Crippen molar-refractivity contribution < 1.29 is 9.90 Å². The molecule has 8 atom stereocenters. The van der Waals surface area contributed by atoms with E-state index in [1.807, 2.05) is 11.9 Å². The van der Waals surface area contributed by atoms with Crippen LogP contribution in [0.15, 0.2) is 11.6 Å². The van der Waals surface area contributed by atoms with Gasteiger partial charge in [0.05, 0.1) is 6.10 Å². The van der Waals surface area contributed by atoms with E-state index in [0.717, 1.165) is 81.5 Å². The minimum atomic E-state index is -0.127. The van der Waals surface area contributed by atoms with E-state index in [4.69, 9.17) is 0 Å². The van der Waals surface area contributed by atoms with Crippen LogP contribution in [0.4, 0.5) is 5.95 Å². The van der Waals surface area contributed by atoms with Gasteiger partial charge < -0.3 is 14.9 Å². The summed E-state index contributed by atoms with van der Waals surface area (Å²) in [5.41, 5.74) is 2.29. The molecule has 1 saturated heterocycles. The number of tetrazole rings is 1. The first kappa shape index (κ1) is 26.3. The van der Waals surface area contributed by atoms with Crippen molar-refractivity contribution in [2.45, 2.75) is 91.1 Å². The van der Waals surface area contributed by atoms with Gasteiger partial charge in [-0.05, 0) is 109 Å². The van der Waals surface area contributed by atoms with Crippen LogP contribution in [0.3, 0.4) is 0 Å². The number of amides is 1. The van der Waals surface area contributed by atoms with Crippen molar-refractivity contribution in [3.63, 3.8) is 0 Å². The Morgan fingerprint density at radius 3 is 2.63 bits per heavy atom. The van der Waals surface area contributed by atoms with Gasteiger partial charge in [0.2, 0.25) is 11.9 Å². The fraction of sp³-hybridized carbons (Fsp3) is 0.867. The predicted molar refractivity (Wildman–Crippen MR) is 147 cm³/mol. The van der Waals surface area contributed by atoms with Crippen LogP contribution < -0.4 is 4.90 Å². The molecule has 4 aliphatic carbocycles. The van der Waals surface area contributed by atoms with E-state index in [9.17, 15) is 9.90 Å². The predicted octanol–water partition coefficient (Wildman–Crippen LogP) is 4.21. The molecule has 2 heterocycles. The summed E-state index contributed by atoms with van der Waals surface area (Å²) < 4.78 is 1.70. The second-order valence-electron chi connectivity index (χ2n) is 13.9. The normalized spacial score (nSPS) is 39.7. The Labute approximate surface area is 228 Å². The highest BCUT2D eigenvalue weighted by atomic mass is 16.3. The van der Waals surface area contributed by atoms with E-state index >= 15 is 0 Å². The van der Waals surface area contributed by atoms with Gasteiger partial charge in [-0.25, -0.2) is 4.68 Å². The number of anilines is 1. The maximum atomic E-state index is 13.2. The van der Waals surface area contributed by atoms with Crippen LogP contribution in [0.1, 0.15) is 85.0 Å². The third-order valence-corrected chi connectivity index (χ3v) is 12.2. The Bertz CT molecular complexity index is 1060. The molecule has 1 aromatic rings. The molecule has 1 N–H and O–H groups in total. The van der Waals surface area contributed by atoms with E-state index in [0.29, 0.717) is 29.1 Å². The summed E-state index contributed by atoms with van der Waals surface area (Å²) in [5, 5.41) is 22.1. The van der Waals surface area contributed by atoms with Gasteiger partial charge in [-0.2, -0.15) is 0 Å². The summed E-state index contributed by atoms with van der Waals surface area (Å²) in [5.74, 6) is 4.82. The molecule has 0 bridgehead atoms. The number of hydrogen-bond donors (Lipinski definition) is 1. The van der Waals surface area contributed by atoms with Crippen molar-refractivity contribution in [3.05, 3.63) is 11.6 Å². The number of hydrogen-bond acceptors (Lipinski definition) is 6.